The van der Waals surface area contributed by atoms with Crippen molar-refractivity contribution in [2.24, 2.45) is 0 Å². The van der Waals surface area contributed by atoms with Crippen LogP contribution in [0.3, 0.4) is 0 Å². The van der Waals surface area contributed by atoms with Crippen LogP contribution < -0.4 is 10.1 Å². The van der Waals surface area contributed by atoms with Crippen molar-refractivity contribution in [3.8, 4) is 11.4 Å². The fourth-order valence-electron chi connectivity index (χ4n) is 2.32. The molecule has 0 saturated heterocycles. The summed E-state index contributed by atoms with van der Waals surface area (Å²) in [6.07, 6.45) is 1.86. The fourth-order valence-corrected chi connectivity index (χ4v) is 2.32. The normalized spacial score (nSPS) is 10.5. The highest BCUT2D eigenvalue weighted by Crippen LogP contribution is 2.14. The predicted molar refractivity (Wildman–Crippen MR) is 89.9 cm³/mol. The highest BCUT2D eigenvalue weighted by Gasteiger charge is 2.07. The monoisotopic (exact) mass is 340 g/mol. The van der Waals surface area contributed by atoms with Gasteiger partial charge in [0.1, 0.15) is 17.3 Å². The van der Waals surface area contributed by atoms with E-state index in [1.807, 2.05) is 24.3 Å². The third kappa shape index (κ3) is 4.41. The van der Waals surface area contributed by atoms with E-state index < -0.39 is 0 Å². The molecule has 6 nitrogen and oxygen atoms in total. The van der Waals surface area contributed by atoms with E-state index in [0.717, 1.165) is 11.4 Å². The van der Waals surface area contributed by atoms with Crippen LogP contribution in [-0.2, 0) is 17.8 Å². The van der Waals surface area contributed by atoms with Gasteiger partial charge >= 0.3 is 0 Å². The number of aromatic nitrogens is 3. The van der Waals surface area contributed by atoms with Crippen LogP contribution in [0.1, 0.15) is 11.3 Å². The van der Waals surface area contributed by atoms with Crippen LogP contribution in [0.2, 0.25) is 0 Å². The molecule has 3 rings (SSSR count). The zero-order chi connectivity index (χ0) is 17.6. The minimum atomic E-state index is -0.354. The topological polar surface area (TPSA) is 69.0 Å². The smallest absolute Gasteiger partial charge is 0.224 e. The zero-order valence-corrected chi connectivity index (χ0v) is 13.6. The number of ether oxygens (including phenoxy) is 1. The summed E-state index contributed by atoms with van der Waals surface area (Å²) in [5, 5.41) is 10.8. The lowest BCUT2D eigenvalue weighted by Crippen LogP contribution is -2.24. The Morgan fingerprint density at radius 1 is 1.24 bits per heavy atom. The van der Waals surface area contributed by atoms with Gasteiger partial charge in [0.25, 0.3) is 0 Å². The SMILES string of the molecule is COc1ccc(-n2cc(CNC(=O)Cc3cccc(F)c3)nn2)cc1. The third-order valence-electron chi connectivity index (χ3n) is 3.60. The first-order valence-electron chi connectivity index (χ1n) is 7.71. The number of methoxy groups -OCH3 is 1. The van der Waals surface area contributed by atoms with Crippen molar-refractivity contribution in [2.45, 2.75) is 13.0 Å². The molecule has 0 radical (unpaired) electrons. The van der Waals surface area contributed by atoms with E-state index in [9.17, 15) is 9.18 Å². The molecule has 0 aliphatic rings. The molecule has 2 aromatic carbocycles. The molecule has 7 heteroatoms. The maximum atomic E-state index is 13.1. The Labute approximate surface area is 144 Å². The summed E-state index contributed by atoms with van der Waals surface area (Å²) < 4.78 is 19.9. The molecule has 0 atom stereocenters. The number of rotatable bonds is 6. The number of halogens is 1. The number of hydrogen-bond acceptors (Lipinski definition) is 4. The second-order valence-electron chi connectivity index (χ2n) is 5.44. The molecule has 0 bridgehead atoms. The van der Waals surface area contributed by atoms with Gasteiger partial charge in [-0.05, 0) is 42.0 Å². The first-order chi connectivity index (χ1) is 12.1. The molecule has 1 N–H and O–H groups in total. The van der Waals surface area contributed by atoms with Crippen LogP contribution in [0.15, 0.2) is 54.7 Å². The molecule has 0 fully saturated rings. The number of benzene rings is 2. The molecular weight excluding hydrogens is 323 g/mol. The van der Waals surface area contributed by atoms with Gasteiger partial charge < -0.3 is 10.1 Å². The molecule has 25 heavy (non-hydrogen) atoms. The summed E-state index contributed by atoms with van der Waals surface area (Å²) in [4.78, 5) is 11.9. The maximum Gasteiger partial charge on any atom is 0.224 e. The van der Waals surface area contributed by atoms with Gasteiger partial charge in [-0.25, -0.2) is 9.07 Å². The number of carbonyl (C=O) groups excluding carboxylic acids is 1. The number of amides is 1. The molecule has 0 aliphatic carbocycles. The molecule has 1 aromatic heterocycles. The summed E-state index contributed by atoms with van der Waals surface area (Å²) in [5.74, 6) is 0.200. The third-order valence-corrected chi connectivity index (χ3v) is 3.60. The first-order valence-corrected chi connectivity index (χ1v) is 7.71. The van der Waals surface area contributed by atoms with E-state index in [-0.39, 0.29) is 24.7 Å². The van der Waals surface area contributed by atoms with E-state index in [1.54, 1.807) is 30.1 Å². The quantitative estimate of drug-likeness (QED) is 0.747. The average Bonchev–Trinajstić information content (AvgIpc) is 3.09. The first kappa shape index (κ1) is 16.6. The summed E-state index contributed by atoms with van der Waals surface area (Å²) >= 11 is 0. The van der Waals surface area contributed by atoms with Crippen molar-refractivity contribution in [3.05, 3.63) is 71.8 Å². The Morgan fingerprint density at radius 3 is 2.76 bits per heavy atom. The zero-order valence-electron chi connectivity index (χ0n) is 13.6. The molecule has 3 aromatic rings. The molecule has 0 spiro atoms. The van der Waals surface area contributed by atoms with Gasteiger partial charge in [-0.2, -0.15) is 0 Å². The number of nitrogens with zero attached hydrogens (tertiary/aromatic N) is 3. The van der Waals surface area contributed by atoms with E-state index in [0.29, 0.717) is 11.3 Å². The molecule has 1 amide bonds. The fraction of sp³-hybridized carbons (Fsp3) is 0.167. The molecule has 0 saturated carbocycles. The van der Waals surface area contributed by atoms with Gasteiger partial charge in [0.15, 0.2) is 0 Å². The standard InChI is InChI=1S/C18H17FN4O2/c1-25-17-7-5-16(6-8-17)23-12-15(21-22-23)11-20-18(24)10-13-3-2-4-14(19)9-13/h2-9,12H,10-11H2,1H3,(H,20,24). The summed E-state index contributed by atoms with van der Waals surface area (Å²) in [7, 11) is 1.61. The van der Waals surface area contributed by atoms with Crippen LogP contribution in [-0.4, -0.2) is 28.0 Å². The largest absolute Gasteiger partial charge is 0.497 e. The molecule has 0 unspecified atom stereocenters. The average molecular weight is 340 g/mol. The highest BCUT2D eigenvalue weighted by atomic mass is 19.1. The van der Waals surface area contributed by atoms with Crippen molar-refractivity contribution in [2.75, 3.05) is 7.11 Å². The lowest BCUT2D eigenvalue weighted by atomic mass is 10.1. The Kier molecular flexibility index (Phi) is 5.03. The minimum absolute atomic E-state index is 0.115. The summed E-state index contributed by atoms with van der Waals surface area (Å²) in [5.41, 5.74) is 2.09. The van der Waals surface area contributed by atoms with Crippen molar-refractivity contribution in [1.29, 1.82) is 0 Å². The second-order valence-corrected chi connectivity index (χ2v) is 5.44. The van der Waals surface area contributed by atoms with Crippen molar-refractivity contribution in [1.82, 2.24) is 20.3 Å². The van der Waals surface area contributed by atoms with Crippen molar-refractivity contribution < 1.29 is 13.9 Å². The maximum absolute atomic E-state index is 13.1. The Morgan fingerprint density at radius 2 is 2.04 bits per heavy atom. The van der Waals surface area contributed by atoms with Crippen LogP contribution in [0.5, 0.6) is 5.75 Å². The van der Waals surface area contributed by atoms with Crippen molar-refractivity contribution in [3.63, 3.8) is 0 Å². The van der Waals surface area contributed by atoms with E-state index in [4.69, 9.17) is 4.74 Å². The molecule has 0 aliphatic heterocycles. The second kappa shape index (κ2) is 7.57. The Bertz CT molecular complexity index is 862. The van der Waals surface area contributed by atoms with Crippen LogP contribution >= 0.6 is 0 Å². The van der Waals surface area contributed by atoms with Gasteiger partial charge in [-0.3, -0.25) is 4.79 Å². The van der Waals surface area contributed by atoms with Crippen molar-refractivity contribution >= 4 is 5.91 Å². The molecular formula is C18H17FN4O2. The molecule has 1 heterocycles. The predicted octanol–water partition coefficient (Wildman–Crippen LogP) is 2.27. The highest BCUT2D eigenvalue weighted by molar-refractivity contribution is 5.78. The number of nitrogens with one attached hydrogen (secondary N) is 1. The number of hydrogen-bond donors (Lipinski definition) is 1. The van der Waals surface area contributed by atoms with E-state index in [2.05, 4.69) is 15.6 Å². The van der Waals surface area contributed by atoms with Crippen LogP contribution in [0, 0.1) is 5.82 Å². The Balaban J connectivity index is 1.56. The van der Waals surface area contributed by atoms with E-state index >= 15 is 0 Å². The molecule has 128 valence electrons. The lowest BCUT2D eigenvalue weighted by Gasteiger charge is -2.03. The summed E-state index contributed by atoms with van der Waals surface area (Å²) in [6, 6.07) is 13.4. The minimum Gasteiger partial charge on any atom is -0.497 e. The lowest BCUT2D eigenvalue weighted by molar-refractivity contribution is -0.120. The van der Waals surface area contributed by atoms with Crippen LogP contribution in [0.4, 0.5) is 4.39 Å². The summed E-state index contributed by atoms with van der Waals surface area (Å²) in [6.45, 7) is 0.254. The Hall–Kier alpha value is -3.22. The van der Waals surface area contributed by atoms with Gasteiger partial charge in [0.05, 0.1) is 32.0 Å². The van der Waals surface area contributed by atoms with Gasteiger partial charge in [-0.1, -0.05) is 17.3 Å². The van der Waals surface area contributed by atoms with Gasteiger partial charge in [-0.15, -0.1) is 5.10 Å². The van der Waals surface area contributed by atoms with Crippen LogP contribution in [0.25, 0.3) is 5.69 Å². The number of carbonyl (C=O) groups is 1. The van der Waals surface area contributed by atoms with Gasteiger partial charge in [0.2, 0.25) is 5.91 Å². The van der Waals surface area contributed by atoms with Gasteiger partial charge in [0, 0.05) is 0 Å². The van der Waals surface area contributed by atoms with E-state index in [1.165, 1.54) is 12.1 Å².